The molecule has 6 heteroatoms. The summed E-state index contributed by atoms with van der Waals surface area (Å²) in [7, 11) is 0. The van der Waals surface area contributed by atoms with Crippen molar-refractivity contribution in [3.63, 3.8) is 0 Å². The second kappa shape index (κ2) is 22.9. The van der Waals surface area contributed by atoms with Crippen LogP contribution < -0.4 is 0 Å². The molecule has 3 N–H and O–H groups in total. The average Bonchev–Trinajstić information content (AvgIpc) is 3.21. The van der Waals surface area contributed by atoms with Gasteiger partial charge in [0.2, 0.25) is 0 Å². The lowest BCUT2D eigenvalue weighted by molar-refractivity contribution is -0.143. The Hall–Kier alpha value is -1.63. The van der Waals surface area contributed by atoms with E-state index in [4.69, 9.17) is 0 Å². The topological polar surface area (TPSA) is 112 Å². The Morgan fingerprint density at radius 3 is 1.51 bits per heavy atom. The Kier molecular flexibility index (Phi) is 25.9. The summed E-state index contributed by atoms with van der Waals surface area (Å²) in [6, 6.07) is 0. The first kappa shape index (κ1) is 46.3. The van der Waals surface area contributed by atoms with Crippen LogP contribution >= 0.6 is 0 Å². The fourth-order valence-corrected chi connectivity index (χ4v) is 5.81. The smallest absolute Gasteiger partial charge is 0.142 e. The first-order valence-corrected chi connectivity index (χ1v) is 14.2. The number of aliphatic hydroxyl groups is 3. The zero-order chi connectivity index (χ0) is 28.3. The van der Waals surface area contributed by atoms with Crippen LogP contribution in [0.5, 0.6) is 0 Å². The number of Topliss-reactive ketones (excluding diaryl/α,β-unsaturated/α-hetero) is 3. The third-order valence-corrected chi connectivity index (χ3v) is 8.67. The van der Waals surface area contributed by atoms with Crippen LogP contribution in [0.25, 0.3) is 0 Å². The highest BCUT2D eigenvalue weighted by Crippen LogP contribution is 2.35. The Balaban J connectivity index is -0.000000321. The molecule has 10 atom stereocenters. The molecule has 0 spiro atoms. The van der Waals surface area contributed by atoms with E-state index in [1.165, 1.54) is 0 Å². The lowest BCUT2D eigenvalue weighted by Crippen LogP contribution is -2.45. The Labute approximate surface area is 254 Å². The minimum absolute atomic E-state index is 0. The minimum atomic E-state index is -0.714. The van der Waals surface area contributed by atoms with Crippen LogP contribution in [0.4, 0.5) is 0 Å². The van der Waals surface area contributed by atoms with Gasteiger partial charge in [0.1, 0.15) is 17.3 Å². The molecule has 2 rings (SSSR count). The summed E-state index contributed by atoms with van der Waals surface area (Å²) >= 11 is 0. The SMILES string of the molecule is C.C.C.C.C/C=C/C[C@@H](C)[C@@H](O)[C@H]1C(=O)C(C)[C@H](CO)C(=O)CCC1C.C/C=C/C[C@@H](C)[C@@H](O)[C@H]1C(=O)CCC1C. The van der Waals surface area contributed by atoms with Crippen LogP contribution in [0.2, 0.25) is 0 Å². The zero-order valence-electron chi connectivity index (χ0n) is 24.1. The number of hydrogen-bond donors (Lipinski definition) is 3. The first-order valence-electron chi connectivity index (χ1n) is 14.2. The standard InChI is InChI=1S/C18H30O4.C13H22O2.4CH4/c1-5-6-7-12(3)17(21)16-11(2)8-9-15(20)14(10-19)13(4)18(16)22;1-4-5-6-10(3)13(15)12-9(2)7-8-11(12)14;;;;/h5-6,11-14,16-17,19,21H,7-10H2,1-4H3;4-5,9-10,12-13,15H,6-8H2,1-3H3;4*1H4/b6-5+;5-4+;;;;/t11?,12-,13?,14+,16+,17-;9?,10-,12-,13-;;;;/m11..../s1. The van der Waals surface area contributed by atoms with Crippen LogP contribution in [0.3, 0.4) is 0 Å². The summed E-state index contributed by atoms with van der Waals surface area (Å²) in [4.78, 5) is 36.5. The number of carbonyl (C=O) groups is 3. The highest BCUT2D eigenvalue weighted by Gasteiger charge is 2.42. The average molecular weight is 585 g/mol. The molecule has 0 radical (unpaired) electrons. The maximum absolute atomic E-state index is 12.8. The van der Waals surface area contributed by atoms with Crippen LogP contribution in [0.1, 0.15) is 117 Å². The highest BCUT2D eigenvalue weighted by molar-refractivity contribution is 5.92. The van der Waals surface area contributed by atoms with Crippen LogP contribution in [-0.4, -0.2) is 51.5 Å². The predicted octanol–water partition coefficient (Wildman–Crippen LogP) is 7.49. The lowest BCUT2D eigenvalue weighted by atomic mass is 9.69. The molecule has 3 unspecified atom stereocenters. The van der Waals surface area contributed by atoms with Gasteiger partial charge < -0.3 is 15.3 Å². The molecule has 0 heterocycles. The number of ketones is 3. The van der Waals surface area contributed by atoms with E-state index in [0.29, 0.717) is 25.2 Å². The van der Waals surface area contributed by atoms with Gasteiger partial charge >= 0.3 is 0 Å². The van der Waals surface area contributed by atoms with Gasteiger partial charge in [0.25, 0.3) is 0 Å². The summed E-state index contributed by atoms with van der Waals surface area (Å²) in [6.45, 7) is 13.3. The van der Waals surface area contributed by atoms with Crippen molar-refractivity contribution in [2.75, 3.05) is 6.61 Å². The monoisotopic (exact) mass is 585 g/mol. The summed E-state index contributed by atoms with van der Waals surface area (Å²) in [5.41, 5.74) is 0. The predicted molar refractivity (Wildman–Crippen MR) is 175 cm³/mol. The van der Waals surface area contributed by atoms with Gasteiger partial charge in [0, 0.05) is 30.6 Å². The molecule has 0 aromatic carbocycles. The van der Waals surface area contributed by atoms with Crippen molar-refractivity contribution in [1.82, 2.24) is 0 Å². The normalized spacial score (nSPS) is 29.4. The molecule has 2 aliphatic rings. The van der Waals surface area contributed by atoms with Gasteiger partial charge in [-0.1, -0.05) is 88.6 Å². The summed E-state index contributed by atoms with van der Waals surface area (Å²) in [5, 5.41) is 30.2. The summed E-state index contributed by atoms with van der Waals surface area (Å²) in [5.74, 6) is -1.12. The Morgan fingerprint density at radius 1 is 0.732 bits per heavy atom. The molecule has 2 aliphatic carbocycles. The molecule has 2 fully saturated rings. The van der Waals surface area contributed by atoms with Crippen molar-refractivity contribution in [1.29, 1.82) is 0 Å². The molecule has 0 aromatic heterocycles. The summed E-state index contributed by atoms with van der Waals surface area (Å²) in [6.07, 6.45) is 10.9. The van der Waals surface area contributed by atoms with Gasteiger partial charge in [-0.3, -0.25) is 14.4 Å². The molecule has 0 amide bonds. The van der Waals surface area contributed by atoms with E-state index in [1.54, 1.807) is 6.92 Å². The molecule has 41 heavy (non-hydrogen) atoms. The van der Waals surface area contributed by atoms with E-state index < -0.39 is 30.0 Å². The van der Waals surface area contributed by atoms with Crippen molar-refractivity contribution in [3.05, 3.63) is 24.3 Å². The van der Waals surface area contributed by atoms with Gasteiger partial charge in [-0.05, 0) is 63.2 Å². The van der Waals surface area contributed by atoms with E-state index in [1.807, 2.05) is 52.8 Å². The molecule has 0 bridgehead atoms. The van der Waals surface area contributed by atoms with Crippen molar-refractivity contribution < 1.29 is 29.7 Å². The van der Waals surface area contributed by atoms with Gasteiger partial charge in [0.05, 0.1) is 24.7 Å². The summed E-state index contributed by atoms with van der Waals surface area (Å²) < 4.78 is 0. The number of carbonyl (C=O) groups excluding carboxylic acids is 3. The van der Waals surface area contributed by atoms with Crippen molar-refractivity contribution in [2.24, 2.45) is 47.3 Å². The molecular weight excluding hydrogens is 516 g/mol. The fourth-order valence-electron chi connectivity index (χ4n) is 5.81. The fraction of sp³-hybridized carbons (Fsp3) is 0.800. The number of hydrogen-bond acceptors (Lipinski definition) is 6. The maximum Gasteiger partial charge on any atom is 0.142 e. The third kappa shape index (κ3) is 13.0. The van der Waals surface area contributed by atoms with E-state index in [-0.39, 0.29) is 77.3 Å². The van der Waals surface area contributed by atoms with Crippen molar-refractivity contribution in [2.45, 2.75) is 129 Å². The highest BCUT2D eigenvalue weighted by atomic mass is 16.3. The first-order chi connectivity index (χ1) is 17.4. The number of rotatable bonds is 9. The lowest BCUT2D eigenvalue weighted by Gasteiger charge is -2.36. The van der Waals surface area contributed by atoms with E-state index >= 15 is 0 Å². The van der Waals surface area contributed by atoms with Crippen molar-refractivity contribution >= 4 is 17.3 Å². The third-order valence-electron chi connectivity index (χ3n) is 8.67. The second-order valence-corrected chi connectivity index (χ2v) is 11.5. The van der Waals surface area contributed by atoms with Gasteiger partial charge in [-0.15, -0.1) is 0 Å². The maximum atomic E-state index is 12.8. The Morgan fingerprint density at radius 2 is 1.12 bits per heavy atom. The van der Waals surface area contributed by atoms with Crippen LogP contribution in [-0.2, 0) is 14.4 Å². The molecule has 6 nitrogen and oxygen atoms in total. The second-order valence-electron chi connectivity index (χ2n) is 11.5. The van der Waals surface area contributed by atoms with Crippen LogP contribution in [0.15, 0.2) is 24.3 Å². The Bertz CT molecular complexity index is 788. The number of aliphatic hydroxyl groups excluding tert-OH is 3. The molecule has 244 valence electrons. The van der Waals surface area contributed by atoms with Crippen molar-refractivity contribution in [3.8, 4) is 0 Å². The molecular formula is C35H68O6. The zero-order valence-corrected chi connectivity index (χ0v) is 24.1. The van der Waals surface area contributed by atoms with Gasteiger partial charge in [-0.25, -0.2) is 0 Å². The largest absolute Gasteiger partial charge is 0.396 e. The van der Waals surface area contributed by atoms with Crippen LogP contribution in [0, 0.1) is 47.3 Å². The van der Waals surface area contributed by atoms with E-state index in [2.05, 4.69) is 13.0 Å². The van der Waals surface area contributed by atoms with E-state index in [9.17, 15) is 29.7 Å². The molecule has 0 aliphatic heterocycles. The molecule has 0 aromatic rings. The number of allylic oxidation sites excluding steroid dienone is 4. The minimum Gasteiger partial charge on any atom is -0.396 e. The van der Waals surface area contributed by atoms with Gasteiger partial charge in [0.15, 0.2) is 0 Å². The molecule has 0 saturated heterocycles. The van der Waals surface area contributed by atoms with E-state index in [0.717, 1.165) is 19.3 Å². The quantitative estimate of drug-likeness (QED) is 0.242. The molecule has 2 saturated carbocycles. The van der Waals surface area contributed by atoms with Gasteiger partial charge in [-0.2, -0.15) is 0 Å².